The van der Waals surface area contributed by atoms with E-state index in [-0.39, 0.29) is 44.3 Å². The van der Waals surface area contributed by atoms with Crippen molar-refractivity contribution in [2.75, 3.05) is 19.0 Å². The van der Waals surface area contributed by atoms with E-state index in [9.17, 15) is 22.9 Å². The summed E-state index contributed by atoms with van der Waals surface area (Å²) < 4.78 is 59.7. The van der Waals surface area contributed by atoms with Gasteiger partial charge in [0.05, 0.1) is 63.6 Å². The maximum atomic E-state index is 15.0. The van der Waals surface area contributed by atoms with Crippen molar-refractivity contribution in [3.8, 4) is 29.2 Å². The van der Waals surface area contributed by atoms with Crippen LogP contribution in [0.15, 0.2) is 40.0 Å². The highest BCUT2D eigenvalue weighted by molar-refractivity contribution is 7.91. The number of nitriles is 1. The molecule has 1 saturated heterocycles. The zero-order valence-electron chi connectivity index (χ0n) is 16.8. The number of fused-ring (bicyclic) bond motifs is 1. The van der Waals surface area contributed by atoms with Gasteiger partial charge in [0.2, 0.25) is 0 Å². The summed E-state index contributed by atoms with van der Waals surface area (Å²) >= 11 is 0. The van der Waals surface area contributed by atoms with Gasteiger partial charge in [0.25, 0.3) is 0 Å². The van der Waals surface area contributed by atoms with Gasteiger partial charge in [0, 0.05) is 11.6 Å². The molecule has 0 radical (unpaired) electrons. The zero-order valence-corrected chi connectivity index (χ0v) is 17.6. The van der Waals surface area contributed by atoms with Crippen molar-refractivity contribution in [1.29, 1.82) is 5.26 Å². The number of aromatic amines is 1. The van der Waals surface area contributed by atoms with Gasteiger partial charge in [-0.25, -0.2) is 17.2 Å². The van der Waals surface area contributed by atoms with E-state index < -0.39 is 32.5 Å². The predicted molar refractivity (Wildman–Crippen MR) is 114 cm³/mol. The first kappa shape index (κ1) is 21.7. The number of ether oxygens (including phenoxy) is 1. The van der Waals surface area contributed by atoms with Crippen LogP contribution in [0.3, 0.4) is 0 Å². The molecule has 0 unspecified atom stereocenters. The summed E-state index contributed by atoms with van der Waals surface area (Å²) in [5.41, 5.74) is -1.18. The number of pyridine rings is 1. The van der Waals surface area contributed by atoms with E-state index in [1.54, 1.807) is 0 Å². The van der Waals surface area contributed by atoms with Crippen molar-refractivity contribution in [3.63, 3.8) is 0 Å². The first-order valence-electron chi connectivity index (χ1n) is 9.66. The number of hydrogen-bond donors (Lipinski definition) is 1. The molecule has 162 valence electrons. The second-order valence-electron chi connectivity index (χ2n) is 7.25. The average molecular weight is 454 g/mol. The van der Waals surface area contributed by atoms with Crippen molar-refractivity contribution in [3.05, 3.63) is 63.3 Å². The molecule has 1 aromatic heterocycles. The number of sulfone groups is 1. The zero-order chi connectivity index (χ0) is 23.0. The number of hydrogen-bond acceptors (Lipinski definition) is 5. The van der Waals surface area contributed by atoms with E-state index >= 15 is 4.39 Å². The molecule has 0 atom stereocenters. The van der Waals surface area contributed by atoms with Crippen LogP contribution in [0.4, 0.5) is 8.78 Å². The van der Waals surface area contributed by atoms with Gasteiger partial charge in [-0.1, -0.05) is 18.8 Å². The second-order valence-corrected chi connectivity index (χ2v) is 9.49. The van der Waals surface area contributed by atoms with E-state index in [4.69, 9.17) is 4.74 Å². The lowest BCUT2D eigenvalue weighted by molar-refractivity contribution is -0.00301. The molecular weight excluding hydrogens is 438 g/mol. The Labute approximate surface area is 182 Å². The summed E-state index contributed by atoms with van der Waals surface area (Å²) in [4.78, 5) is 15.4. The number of halogens is 2. The molecule has 0 saturated carbocycles. The Morgan fingerprint density at radius 3 is 2.59 bits per heavy atom. The van der Waals surface area contributed by atoms with Crippen LogP contribution < -0.4 is 5.43 Å². The first-order valence-corrected chi connectivity index (χ1v) is 11.3. The summed E-state index contributed by atoms with van der Waals surface area (Å²) in [6.45, 7) is 2.24. The minimum Gasteiger partial charge on any atom is -0.379 e. The van der Waals surface area contributed by atoms with E-state index in [0.717, 1.165) is 12.1 Å². The Kier molecular flexibility index (Phi) is 5.55. The van der Waals surface area contributed by atoms with Crippen LogP contribution in [0.25, 0.3) is 22.2 Å². The molecular formula is C23H16F2N2O4S. The van der Waals surface area contributed by atoms with E-state index in [1.807, 2.05) is 6.07 Å². The van der Waals surface area contributed by atoms with Crippen molar-refractivity contribution in [1.82, 2.24) is 4.98 Å². The molecule has 32 heavy (non-hydrogen) atoms. The van der Waals surface area contributed by atoms with E-state index in [1.165, 1.54) is 25.1 Å². The fourth-order valence-corrected chi connectivity index (χ4v) is 4.42. The number of rotatable bonds is 3. The van der Waals surface area contributed by atoms with Gasteiger partial charge < -0.3 is 9.72 Å². The third-order valence-corrected chi connectivity index (χ3v) is 6.95. The molecule has 0 bridgehead atoms. The summed E-state index contributed by atoms with van der Waals surface area (Å²) in [6.07, 6.45) is 0. The average Bonchev–Trinajstić information content (AvgIpc) is 2.73. The number of nitrogens with one attached hydrogen (secondary N) is 1. The van der Waals surface area contributed by atoms with Crippen LogP contribution in [0, 0.1) is 40.7 Å². The molecule has 1 aliphatic heterocycles. The number of H-pyrrole nitrogens is 1. The molecule has 1 aliphatic rings. The topological polar surface area (TPSA) is 100 Å². The molecule has 2 heterocycles. The standard InChI is InChI=1S/C23H16F2N2O4S/c1-2-32(29,30)21-6-4-13(10-26)7-16(21)18-9-20(28)22-19(27-18)8-17(24)15(23(22)25)5-3-14-11-31-12-14/h4,6-9,14H,2,11-12H2,1H3,(H,27,28). The van der Waals surface area contributed by atoms with Crippen LogP contribution >= 0.6 is 0 Å². The highest BCUT2D eigenvalue weighted by Gasteiger charge is 2.22. The molecule has 0 amide bonds. The Morgan fingerprint density at radius 1 is 1.22 bits per heavy atom. The van der Waals surface area contributed by atoms with E-state index in [0.29, 0.717) is 13.2 Å². The van der Waals surface area contributed by atoms with Gasteiger partial charge in [-0.15, -0.1) is 0 Å². The Morgan fingerprint density at radius 2 is 1.97 bits per heavy atom. The maximum Gasteiger partial charge on any atom is 0.193 e. The molecule has 1 N–H and O–H groups in total. The maximum absolute atomic E-state index is 15.0. The lowest BCUT2D eigenvalue weighted by Gasteiger charge is -2.20. The number of nitrogens with zero attached hydrogens (tertiary/aromatic N) is 1. The minimum atomic E-state index is -3.71. The van der Waals surface area contributed by atoms with Crippen molar-refractivity contribution in [2.24, 2.45) is 5.92 Å². The molecule has 0 spiro atoms. The van der Waals surface area contributed by atoms with Crippen LogP contribution in [0.5, 0.6) is 0 Å². The summed E-state index contributed by atoms with van der Waals surface area (Å²) in [6, 6.07) is 7.84. The van der Waals surface area contributed by atoms with E-state index in [2.05, 4.69) is 16.8 Å². The van der Waals surface area contributed by atoms with Gasteiger partial charge in [-0.05, 0) is 24.3 Å². The SMILES string of the molecule is CCS(=O)(=O)c1ccc(C#N)cc1-c1cc(=O)c2c(F)c(C#CC3COC3)c(F)cc2[nH]1. The molecule has 1 fully saturated rings. The molecule has 6 nitrogen and oxygen atoms in total. The molecule has 0 aliphatic carbocycles. The first-order chi connectivity index (χ1) is 15.2. The Bertz CT molecular complexity index is 1520. The predicted octanol–water partition coefficient (Wildman–Crippen LogP) is 3.14. The monoisotopic (exact) mass is 454 g/mol. The fraction of sp³-hybridized carbons (Fsp3) is 0.217. The smallest absolute Gasteiger partial charge is 0.193 e. The quantitative estimate of drug-likeness (QED) is 0.613. The largest absolute Gasteiger partial charge is 0.379 e. The van der Waals surface area contributed by atoms with Crippen LogP contribution in [-0.4, -0.2) is 32.4 Å². The summed E-state index contributed by atoms with van der Waals surface area (Å²) in [5, 5.41) is 8.82. The normalized spacial score (nSPS) is 13.8. The van der Waals surface area contributed by atoms with Crippen LogP contribution in [0.2, 0.25) is 0 Å². The van der Waals surface area contributed by atoms with Crippen molar-refractivity contribution >= 4 is 20.7 Å². The van der Waals surface area contributed by atoms with Gasteiger partial charge in [0.15, 0.2) is 21.1 Å². The highest BCUT2D eigenvalue weighted by atomic mass is 32.2. The third-order valence-electron chi connectivity index (χ3n) is 5.16. The minimum absolute atomic E-state index is 0.0240. The Balaban J connectivity index is 1.95. The summed E-state index contributed by atoms with van der Waals surface area (Å²) in [5.74, 6) is 2.80. The van der Waals surface area contributed by atoms with Gasteiger partial charge in [-0.2, -0.15) is 5.26 Å². The lowest BCUT2D eigenvalue weighted by Crippen LogP contribution is -2.25. The molecule has 2 aromatic carbocycles. The molecule has 9 heteroatoms. The molecule has 3 aromatic rings. The van der Waals surface area contributed by atoms with Crippen molar-refractivity contribution < 1.29 is 21.9 Å². The van der Waals surface area contributed by atoms with Gasteiger partial charge in [0.1, 0.15) is 5.82 Å². The van der Waals surface area contributed by atoms with Crippen LogP contribution in [0.1, 0.15) is 18.1 Å². The second kappa shape index (κ2) is 8.19. The van der Waals surface area contributed by atoms with Gasteiger partial charge >= 0.3 is 0 Å². The highest BCUT2D eigenvalue weighted by Crippen LogP contribution is 2.29. The fourth-order valence-electron chi connectivity index (χ4n) is 3.33. The molecule has 4 rings (SSSR count). The number of benzene rings is 2. The summed E-state index contributed by atoms with van der Waals surface area (Å²) in [7, 11) is -3.71. The van der Waals surface area contributed by atoms with Gasteiger partial charge in [-0.3, -0.25) is 4.79 Å². The Hall–Kier alpha value is -3.53. The van der Waals surface area contributed by atoms with Crippen LogP contribution in [-0.2, 0) is 14.6 Å². The third kappa shape index (κ3) is 3.77. The number of aromatic nitrogens is 1. The van der Waals surface area contributed by atoms with Crippen molar-refractivity contribution in [2.45, 2.75) is 11.8 Å². The lowest BCUT2D eigenvalue weighted by atomic mass is 10.0.